The van der Waals surface area contributed by atoms with Gasteiger partial charge < -0.3 is 10.1 Å². The highest BCUT2D eigenvalue weighted by Gasteiger charge is 2.17. The molecule has 0 aliphatic rings. The molecule has 2 N–H and O–H groups in total. The first kappa shape index (κ1) is 21.0. The molecular formula is C24H22N4O4. The zero-order valence-electron chi connectivity index (χ0n) is 17.9. The van der Waals surface area contributed by atoms with Crippen molar-refractivity contribution >= 4 is 22.6 Å². The van der Waals surface area contributed by atoms with Crippen molar-refractivity contribution in [2.24, 2.45) is 0 Å². The molecular weight excluding hydrogens is 408 g/mol. The first-order valence-electron chi connectivity index (χ1n) is 10.0. The average molecular weight is 430 g/mol. The van der Waals surface area contributed by atoms with Crippen molar-refractivity contribution in [3.05, 3.63) is 97.8 Å². The Kier molecular flexibility index (Phi) is 5.59. The summed E-state index contributed by atoms with van der Waals surface area (Å²) in [4.78, 5) is 44.8. The van der Waals surface area contributed by atoms with Gasteiger partial charge in [0.15, 0.2) is 0 Å². The fraction of sp³-hybridized carbons (Fsp3) is 0.167. The Morgan fingerprint density at radius 1 is 1.09 bits per heavy atom. The van der Waals surface area contributed by atoms with Crippen molar-refractivity contribution in [2.75, 3.05) is 12.4 Å². The molecule has 0 fully saturated rings. The third-order valence-corrected chi connectivity index (χ3v) is 5.30. The number of amides is 1. The number of fused-ring (bicyclic) bond motifs is 1. The van der Waals surface area contributed by atoms with E-state index in [9.17, 15) is 14.4 Å². The summed E-state index contributed by atoms with van der Waals surface area (Å²) in [5.74, 6) is 0.323. The number of nitrogens with zero attached hydrogens (tertiary/aromatic N) is 2. The van der Waals surface area contributed by atoms with Crippen LogP contribution in [-0.2, 0) is 6.54 Å². The number of rotatable bonds is 5. The fourth-order valence-corrected chi connectivity index (χ4v) is 3.49. The van der Waals surface area contributed by atoms with E-state index in [2.05, 4.69) is 15.3 Å². The number of benzene rings is 2. The first-order valence-corrected chi connectivity index (χ1v) is 10.0. The Hall–Kier alpha value is -4.20. The van der Waals surface area contributed by atoms with Gasteiger partial charge in [0.25, 0.3) is 11.5 Å². The number of carbonyl (C=O) groups is 1. The van der Waals surface area contributed by atoms with Crippen LogP contribution in [0.5, 0.6) is 5.75 Å². The van der Waals surface area contributed by atoms with E-state index in [-0.39, 0.29) is 29.0 Å². The third-order valence-electron chi connectivity index (χ3n) is 5.30. The molecule has 8 heteroatoms. The number of pyridine rings is 1. The number of anilines is 1. The van der Waals surface area contributed by atoms with Crippen LogP contribution in [0.3, 0.4) is 0 Å². The second kappa shape index (κ2) is 8.50. The van der Waals surface area contributed by atoms with Crippen LogP contribution >= 0.6 is 0 Å². The molecule has 0 aliphatic carbocycles. The normalized spacial score (nSPS) is 10.8. The zero-order chi connectivity index (χ0) is 22.8. The van der Waals surface area contributed by atoms with Gasteiger partial charge in [-0.1, -0.05) is 30.3 Å². The van der Waals surface area contributed by atoms with Gasteiger partial charge in [-0.3, -0.25) is 19.1 Å². The van der Waals surface area contributed by atoms with Crippen LogP contribution in [0.4, 0.5) is 5.69 Å². The predicted molar refractivity (Wildman–Crippen MR) is 123 cm³/mol. The highest BCUT2D eigenvalue weighted by molar-refractivity contribution is 6.06. The van der Waals surface area contributed by atoms with Gasteiger partial charge in [0.1, 0.15) is 11.4 Å². The summed E-state index contributed by atoms with van der Waals surface area (Å²) in [6.07, 6.45) is 0. The molecule has 0 bridgehead atoms. The van der Waals surface area contributed by atoms with Gasteiger partial charge in [-0.05, 0) is 49.2 Å². The molecule has 0 atom stereocenters. The second-order valence-corrected chi connectivity index (χ2v) is 7.46. The Labute approximate surface area is 183 Å². The van der Waals surface area contributed by atoms with E-state index in [1.165, 1.54) is 10.6 Å². The number of aromatic amines is 1. The van der Waals surface area contributed by atoms with Crippen LogP contribution in [0.1, 0.15) is 27.2 Å². The lowest BCUT2D eigenvalue weighted by molar-refractivity contribution is 0.102. The highest BCUT2D eigenvalue weighted by atomic mass is 16.5. The molecule has 4 rings (SSSR count). The summed E-state index contributed by atoms with van der Waals surface area (Å²) in [5.41, 5.74) is 2.17. The Morgan fingerprint density at radius 3 is 2.50 bits per heavy atom. The summed E-state index contributed by atoms with van der Waals surface area (Å²) in [6, 6.07) is 16.1. The highest BCUT2D eigenvalue weighted by Crippen LogP contribution is 2.19. The molecule has 0 unspecified atom stereocenters. The lowest BCUT2D eigenvalue weighted by atomic mass is 10.1. The van der Waals surface area contributed by atoms with Crippen molar-refractivity contribution in [3.63, 3.8) is 0 Å². The van der Waals surface area contributed by atoms with E-state index in [1.54, 1.807) is 32.2 Å². The maximum Gasteiger partial charge on any atom is 0.330 e. The number of carbonyl (C=O) groups excluding carboxylic acids is 1. The van der Waals surface area contributed by atoms with E-state index in [1.807, 2.05) is 37.3 Å². The van der Waals surface area contributed by atoms with E-state index in [0.29, 0.717) is 17.1 Å². The van der Waals surface area contributed by atoms with Gasteiger partial charge in [-0.25, -0.2) is 9.78 Å². The van der Waals surface area contributed by atoms with Crippen LogP contribution < -0.4 is 21.3 Å². The number of aromatic nitrogens is 3. The maximum absolute atomic E-state index is 12.9. The van der Waals surface area contributed by atoms with Gasteiger partial charge >= 0.3 is 5.69 Å². The number of para-hydroxylation sites is 1. The molecule has 2 aromatic heterocycles. The molecule has 0 spiro atoms. The van der Waals surface area contributed by atoms with Gasteiger partial charge in [0.2, 0.25) is 0 Å². The van der Waals surface area contributed by atoms with Gasteiger partial charge in [0.05, 0.1) is 30.3 Å². The Balaban J connectivity index is 1.77. The Bertz CT molecular complexity index is 1440. The van der Waals surface area contributed by atoms with Crippen molar-refractivity contribution in [2.45, 2.75) is 20.4 Å². The number of methoxy groups -OCH3 is 1. The number of H-pyrrole nitrogens is 1. The SMILES string of the molecule is COc1ccc(Cn2c(=O)[nH]c(=O)c3cc(C(=O)Nc4ccccc4C)c(C)nc32)cc1. The monoisotopic (exact) mass is 430 g/mol. The molecule has 8 nitrogen and oxygen atoms in total. The lowest BCUT2D eigenvalue weighted by Crippen LogP contribution is -2.32. The van der Waals surface area contributed by atoms with E-state index < -0.39 is 11.2 Å². The fourth-order valence-electron chi connectivity index (χ4n) is 3.49. The largest absolute Gasteiger partial charge is 0.497 e. The van der Waals surface area contributed by atoms with E-state index >= 15 is 0 Å². The molecule has 0 aliphatic heterocycles. The smallest absolute Gasteiger partial charge is 0.330 e. The molecule has 2 heterocycles. The van der Waals surface area contributed by atoms with Crippen LogP contribution in [0.25, 0.3) is 11.0 Å². The Morgan fingerprint density at radius 2 is 1.81 bits per heavy atom. The molecule has 1 amide bonds. The number of aryl methyl sites for hydroxylation is 2. The van der Waals surface area contributed by atoms with Gasteiger partial charge in [-0.2, -0.15) is 0 Å². The van der Waals surface area contributed by atoms with Crippen LogP contribution in [0.2, 0.25) is 0 Å². The van der Waals surface area contributed by atoms with Gasteiger partial charge in [-0.15, -0.1) is 0 Å². The molecule has 4 aromatic rings. The van der Waals surface area contributed by atoms with Crippen LogP contribution in [0, 0.1) is 13.8 Å². The summed E-state index contributed by atoms with van der Waals surface area (Å²) < 4.78 is 6.55. The van der Waals surface area contributed by atoms with Crippen molar-refractivity contribution in [3.8, 4) is 5.75 Å². The lowest BCUT2D eigenvalue weighted by Gasteiger charge is -2.13. The number of hydrogen-bond donors (Lipinski definition) is 2. The minimum absolute atomic E-state index is 0.165. The molecule has 32 heavy (non-hydrogen) atoms. The number of nitrogens with one attached hydrogen (secondary N) is 2. The number of hydrogen-bond acceptors (Lipinski definition) is 5. The molecule has 0 saturated carbocycles. The number of ether oxygens (including phenoxy) is 1. The second-order valence-electron chi connectivity index (χ2n) is 7.46. The topological polar surface area (TPSA) is 106 Å². The minimum atomic E-state index is -0.589. The summed E-state index contributed by atoms with van der Waals surface area (Å²) in [6.45, 7) is 3.77. The zero-order valence-corrected chi connectivity index (χ0v) is 17.9. The van der Waals surface area contributed by atoms with Crippen molar-refractivity contribution in [1.82, 2.24) is 14.5 Å². The summed E-state index contributed by atoms with van der Waals surface area (Å²) >= 11 is 0. The first-order chi connectivity index (χ1) is 15.4. The van der Waals surface area contributed by atoms with E-state index in [4.69, 9.17) is 4.74 Å². The van der Waals surface area contributed by atoms with Gasteiger partial charge in [0, 0.05) is 5.69 Å². The maximum atomic E-state index is 12.9. The van der Waals surface area contributed by atoms with Crippen LogP contribution in [0.15, 0.2) is 64.2 Å². The average Bonchev–Trinajstić information content (AvgIpc) is 2.78. The molecule has 0 saturated heterocycles. The molecule has 162 valence electrons. The predicted octanol–water partition coefficient (Wildman–Crippen LogP) is 3.01. The van der Waals surface area contributed by atoms with Crippen LogP contribution in [-0.4, -0.2) is 27.6 Å². The molecule has 2 aromatic carbocycles. The third kappa shape index (κ3) is 4.02. The van der Waals surface area contributed by atoms with E-state index in [0.717, 1.165) is 11.1 Å². The minimum Gasteiger partial charge on any atom is -0.497 e. The van der Waals surface area contributed by atoms with Crippen molar-refractivity contribution in [1.29, 1.82) is 0 Å². The summed E-state index contributed by atoms with van der Waals surface area (Å²) in [5, 5.41) is 3.02. The molecule has 0 radical (unpaired) electrons. The quantitative estimate of drug-likeness (QED) is 0.506. The summed E-state index contributed by atoms with van der Waals surface area (Å²) in [7, 11) is 1.58. The standard InChI is InChI=1S/C24H22N4O4/c1-14-6-4-5-7-20(14)26-22(29)18-12-19-21(25-15(18)2)28(24(31)27-23(19)30)13-16-8-10-17(32-3)11-9-16/h4-12H,13H2,1-3H3,(H,26,29)(H,27,30,31). The van der Waals surface area contributed by atoms with Crippen molar-refractivity contribution < 1.29 is 9.53 Å².